The molecule has 0 N–H and O–H groups in total. The number of hydrogen-bond acceptors (Lipinski definition) is 4. The SMILES string of the molecule is C[C@@H](Sc1nnc(-c2ccccc2)c2ccccc12)C(=O)N1CCc2ccccc2C1. The van der Waals surface area contributed by atoms with Crippen molar-refractivity contribution >= 4 is 28.4 Å². The number of hydrogen-bond donors (Lipinski definition) is 0. The Bertz CT molecular complexity index is 1240. The molecular weight excluding hydrogens is 402 g/mol. The Balaban J connectivity index is 1.40. The predicted molar refractivity (Wildman–Crippen MR) is 126 cm³/mol. The molecule has 4 aromatic rings. The van der Waals surface area contributed by atoms with E-state index in [0.29, 0.717) is 6.54 Å². The molecule has 0 fully saturated rings. The van der Waals surface area contributed by atoms with E-state index in [1.54, 1.807) is 0 Å². The molecule has 2 heterocycles. The van der Waals surface area contributed by atoms with Crippen LogP contribution in [0.5, 0.6) is 0 Å². The largest absolute Gasteiger partial charge is 0.337 e. The number of amides is 1. The Labute approximate surface area is 186 Å². The van der Waals surface area contributed by atoms with Crippen LogP contribution < -0.4 is 0 Å². The lowest BCUT2D eigenvalue weighted by Crippen LogP contribution is -2.40. The first-order chi connectivity index (χ1) is 15.2. The number of thioether (sulfide) groups is 1. The van der Waals surface area contributed by atoms with Crippen LogP contribution >= 0.6 is 11.8 Å². The molecular formula is C26H23N3OS. The highest BCUT2D eigenvalue weighted by molar-refractivity contribution is 8.00. The van der Waals surface area contributed by atoms with Crippen molar-refractivity contribution in [1.82, 2.24) is 15.1 Å². The van der Waals surface area contributed by atoms with Gasteiger partial charge in [-0.1, -0.05) is 90.6 Å². The highest BCUT2D eigenvalue weighted by Crippen LogP contribution is 2.34. The molecule has 1 aliphatic heterocycles. The summed E-state index contributed by atoms with van der Waals surface area (Å²) in [5.41, 5.74) is 4.50. The van der Waals surface area contributed by atoms with Gasteiger partial charge < -0.3 is 4.90 Å². The van der Waals surface area contributed by atoms with Gasteiger partial charge in [0.1, 0.15) is 10.7 Å². The molecule has 0 saturated heterocycles. The average molecular weight is 426 g/mol. The maximum Gasteiger partial charge on any atom is 0.236 e. The second-order valence-electron chi connectivity index (χ2n) is 7.80. The van der Waals surface area contributed by atoms with Crippen molar-refractivity contribution in [2.75, 3.05) is 6.54 Å². The third kappa shape index (κ3) is 3.93. The number of fused-ring (bicyclic) bond motifs is 2. The monoisotopic (exact) mass is 425 g/mol. The van der Waals surface area contributed by atoms with Crippen LogP contribution in [-0.2, 0) is 17.8 Å². The van der Waals surface area contributed by atoms with E-state index in [4.69, 9.17) is 0 Å². The molecule has 0 aliphatic carbocycles. The molecule has 1 atom stereocenters. The molecule has 5 heteroatoms. The molecule has 0 saturated carbocycles. The highest BCUT2D eigenvalue weighted by atomic mass is 32.2. The van der Waals surface area contributed by atoms with E-state index >= 15 is 0 Å². The first-order valence-corrected chi connectivity index (χ1v) is 11.4. The van der Waals surface area contributed by atoms with E-state index in [-0.39, 0.29) is 11.2 Å². The van der Waals surface area contributed by atoms with Gasteiger partial charge in [-0.25, -0.2) is 0 Å². The third-order valence-electron chi connectivity index (χ3n) is 5.78. The number of aromatic nitrogens is 2. The Morgan fingerprint density at radius 3 is 2.35 bits per heavy atom. The van der Waals surface area contributed by atoms with Gasteiger partial charge in [0, 0.05) is 29.4 Å². The molecule has 31 heavy (non-hydrogen) atoms. The van der Waals surface area contributed by atoms with Crippen LogP contribution in [0.4, 0.5) is 0 Å². The molecule has 0 unspecified atom stereocenters. The molecule has 0 spiro atoms. The summed E-state index contributed by atoms with van der Waals surface area (Å²) >= 11 is 1.50. The third-order valence-corrected chi connectivity index (χ3v) is 6.86. The maximum atomic E-state index is 13.2. The van der Waals surface area contributed by atoms with Gasteiger partial charge in [0.25, 0.3) is 0 Å². The van der Waals surface area contributed by atoms with Crippen molar-refractivity contribution in [2.45, 2.75) is 30.2 Å². The van der Waals surface area contributed by atoms with E-state index < -0.39 is 0 Å². The maximum absolute atomic E-state index is 13.2. The number of carbonyl (C=O) groups is 1. The predicted octanol–water partition coefficient (Wildman–Crippen LogP) is 5.36. The van der Waals surface area contributed by atoms with Gasteiger partial charge in [-0.05, 0) is 24.5 Å². The zero-order chi connectivity index (χ0) is 21.2. The summed E-state index contributed by atoms with van der Waals surface area (Å²) in [7, 11) is 0. The van der Waals surface area contributed by atoms with Gasteiger partial charge in [-0.2, -0.15) is 0 Å². The van der Waals surface area contributed by atoms with Crippen LogP contribution in [0, 0.1) is 0 Å². The van der Waals surface area contributed by atoms with E-state index in [1.807, 2.05) is 60.4 Å². The van der Waals surface area contributed by atoms with E-state index in [0.717, 1.165) is 40.0 Å². The fourth-order valence-electron chi connectivity index (χ4n) is 4.13. The van der Waals surface area contributed by atoms with Crippen molar-refractivity contribution in [2.24, 2.45) is 0 Å². The quantitative estimate of drug-likeness (QED) is 0.413. The second-order valence-corrected chi connectivity index (χ2v) is 9.13. The van der Waals surface area contributed by atoms with Gasteiger partial charge in [0.2, 0.25) is 5.91 Å². The number of benzene rings is 3. The van der Waals surface area contributed by atoms with E-state index in [9.17, 15) is 4.79 Å². The molecule has 0 bridgehead atoms. The van der Waals surface area contributed by atoms with Gasteiger partial charge in [0.05, 0.1) is 5.25 Å². The lowest BCUT2D eigenvalue weighted by molar-refractivity contribution is -0.131. The standard InChI is InChI=1S/C26H23N3OS/c1-18(26(30)29-16-15-19-9-5-6-12-21(19)17-29)31-25-23-14-8-7-13-22(23)24(27-28-25)20-10-3-2-4-11-20/h2-14,18H,15-17H2,1H3/t18-/m1/s1. The summed E-state index contributed by atoms with van der Waals surface area (Å²) in [5, 5.41) is 11.7. The second kappa shape index (κ2) is 8.52. The summed E-state index contributed by atoms with van der Waals surface area (Å²) in [4.78, 5) is 15.2. The number of nitrogens with zero attached hydrogens (tertiary/aromatic N) is 3. The first-order valence-electron chi connectivity index (χ1n) is 10.5. The minimum absolute atomic E-state index is 0.150. The minimum Gasteiger partial charge on any atom is -0.337 e. The molecule has 1 amide bonds. The summed E-state index contributed by atoms with van der Waals surface area (Å²) in [5.74, 6) is 0.150. The smallest absolute Gasteiger partial charge is 0.236 e. The lowest BCUT2D eigenvalue weighted by Gasteiger charge is -2.30. The minimum atomic E-state index is -0.231. The molecule has 4 nitrogen and oxygen atoms in total. The summed E-state index contributed by atoms with van der Waals surface area (Å²) < 4.78 is 0. The zero-order valence-corrected chi connectivity index (χ0v) is 18.2. The van der Waals surface area contributed by atoms with Crippen LogP contribution in [0.1, 0.15) is 18.1 Å². The molecule has 154 valence electrons. The Kier molecular flexibility index (Phi) is 5.43. The average Bonchev–Trinajstić information content (AvgIpc) is 2.84. The molecule has 1 aromatic heterocycles. The van der Waals surface area contributed by atoms with Crippen LogP contribution in [0.25, 0.3) is 22.0 Å². The van der Waals surface area contributed by atoms with Crippen LogP contribution in [-0.4, -0.2) is 32.8 Å². The normalized spacial score (nSPS) is 14.3. The Hall–Kier alpha value is -3.18. The topological polar surface area (TPSA) is 46.1 Å². The van der Waals surface area contributed by atoms with Crippen LogP contribution in [0.15, 0.2) is 83.9 Å². The van der Waals surface area contributed by atoms with Crippen molar-refractivity contribution in [1.29, 1.82) is 0 Å². The van der Waals surface area contributed by atoms with Crippen molar-refractivity contribution < 1.29 is 4.79 Å². The first kappa shape index (κ1) is 19.8. The Morgan fingerprint density at radius 1 is 0.871 bits per heavy atom. The van der Waals surface area contributed by atoms with Gasteiger partial charge in [-0.15, -0.1) is 10.2 Å². The van der Waals surface area contributed by atoms with Crippen LogP contribution in [0.3, 0.4) is 0 Å². The fourth-order valence-corrected chi connectivity index (χ4v) is 5.11. The number of rotatable bonds is 4. The van der Waals surface area contributed by atoms with Gasteiger partial charge in [0.15, 0.2) is 0 Å². The molecule has 1 aliphatic rings. The van der Waals surface area contributed by atoms with E-state index in [2.05, 4.69) is 40.5 Å². The van der Waals surface area contributed by atoms with Gasteiger partial charge >= 0.3 is 0 Å². The van der Waals surface area contributed by atoms with Crippen molar-refractivity contribution in [3.8, 4) is 11.3 Å². The molecule has 0 radical (unpaired) electrons. The summed E-state index contributed by atoms with van der Waals surface area (Å²) in [6.45, 7) is 3.41. The van der Waals surface area contributed by atoms with Gasteiger partial charge in [-0.3, -0.25) is 4.79 Å². The van der Waals surface area contributed by atoms with Crippen molar-refractivity contribution in [3.05, 3.63) is 90.0 Å². The highest BCUT2D eigenvalue weighted by Gasteiger charge is 2.26. The lowest BCUT2D eigenvalue weighted by atomic mass is 10.00. The number of carbonyl (C=O) groups excluding carboxylic acids is 1. The summed E-state index contributed by atoms with van der Waals surface area (Å²) in [6.07, 6.45) is 0.911. The summed E-state index contributed by atoms with van der Waals surface area (Å²) in [6, 6.07) is 26.7. The van der Waals surface area contributed by atoms with E-state index in [1.165, 1.54) is 22.9 Å². The van der Waals surface area contributed by atoms with Crippen LogP contribution in [0.2, 0.25) is 0 Å². The zero-order valence-electron chi connectivity index (χ0n) is 17.4. The van der Waals surface area contributed by atoms with Crippen molar-refractivity contribution in [3.63, 3.8) is 0 Å². The Morgan fingerprint density at radius 2 is 1.55 bits per heavy atom. The molecule has 3 aromatic carbocycles. The fraction of sp³-hybridized carbons (Fsp3) is 0.192. The molecule has 5 rings (SSSR count).